The van der Waals surface area contributed by atoms with Gasteiger partial charge in [0.1, 0.15) is 5.54 Å². The van der Waals surface area contributed by atoms with Gasteiger partial charge in [-0.25, -0.2) is 0 Å². The molecule has 0 saturated carbocycles. The van der Waals surface area contributed by atoms with Crippen molar-refractivity contribution in [3.63, 3.8) is 0 Å². The number of nitrogens with two attached hydrogens (primary N) is 2. The number of benzene rings is 1. The van der Waals surface area contributed by atoms with Crippen LogP contribution < -0.4 is 11.5 Å². The minimum Gasteiger partial charge on any atom is -0.480 e. The molecule has 164 valence electrons. The largest absolute Gasteiger partial charge is 0.480 e. The Morgan fingerprint density at radius 1 is 1.04 bits per heavy atom. The predicted molar refractivity (Wildman–Crippen MR) is 121 cm³/mol. The summed E-state index contributed by atoms with van der Waals surface area (Å²) in [6, 6.07) is 9.94. The maximum Gasteiger partial charge on any atom is 0.451 e. The second kappa shape index (κ2) is 17.3. The lowest BCUT2D eigenvalue weighted by atomic mass is 9.81. The summed E-state index contributed by atoms with van der Waals surface area (Å²) in [6.45, 7) is 2.40. The summed E-state index contributed by atoms with van der Waals surface area (Å²) in [4.78, 5) is 13.7. The number of rotatable bonds is 13. The number of carboxylic acid groups (broad SMARTS) is 1. The predicted octanol–water partition coefficient (Wildman–Crippen LogP) is 1.53. The number of halogens is 3. The van der Waals surface area contributed by atoms with Gasteiger partial charge in [-0.15, -0.1) is 37.2 Å². The SMILES string of the molecule is Cl.Cl.Cl.NCCN(CCC(N)(CCCCB(O)O)C(=O)O)Cc1ccccc1. The van der Waals surface area contributed by atoms with E-state index in [1.807, 2.05) is 30.3 Å². The van der Waals surface area contributed by atoms with Crippen LogP contribution in [-0.4, -0.2) is 58.3 Å². The fourth-order valence-corrected chi connectivity index (χ4v) is 2.76. The zero-order valence-electron chi connectivity index (χ0n) is 15.9. The summed E-state index contributed by atoms with van der Waals surface area (Å²) in [5, 5.41) is 27.2. The van der Waals surface area contributed by atoms with Crippen molar-refractivity contribution in [3.05, 3.63) is 35.9 Å². The van der Waals surface area contributed by atoms with E-state index in [0.29, 0.717) is 51.9 Å². The van der Waals surface area contributed by atoms with Gasteiger partial charge < -0.3 is 26.6 Å². The molecule has 0 saturated heterocycles. The normalized spacial score (nSPS) is 12.2. The lowest BCUT2D eigenvalue weighted by Gasteiger charge is -2.29. The molecule has 0 aliphatic carbocycles. The molecule has 28 heavy (non-hydrogen) atoms. The van der Waals surface area contributed by atoms with Gasteiger partial charge in [-0.1, -0.05) is 43.2 Å². The van der Waals surface area contributed by atoms with E-state index in [-0.39, 0.29) is 43.5 Å². The Labute approximate surface area is 186 Å². The Kier molecular flexibility index (Phi) is 19.8. The van der Waals surface area contributed by atoms with Gasteiger partial charge >= 0.3 is 13.1 Å². The molecule has 1 unspecified atom stereocenters. The molecule has 1 atom stereocenters. The van der Waals surface area contributed by atoms with E-state index in [2.05, 4.69) is 4.90 Å². The molecule has 1 aromatic rings. The Morgan fingerprint density at radius 3 is 2.14 bits per heavy atom. The van der Waals surface area contributed by atoms with Crippen LogP contribution in [0.4, 0.5) is 0 Å². The first-order chi connectivity index (χ1) is 11.9. The Balaban J connectivity index is -0.00000208. The smallest absolute Gasteiger partial charge is 0.451 e. The van der Waals surface area contributed by atoms with E-state index in [1.165, 1.54) is 0 Å². The van der Waals surface area contributed by atoms with Crippen molar-refractivity contribution < 1.29 is 19.9 Å². The first-order valence-electron chi connectivity index (χ1n) is 8.72. The third kappa shape index (κ3) is 12.8. The molecule has 0 amide bonds. The lowest BCUT2D eigenvalue weighted by molar-refractivity contribution is -0.144. The van der Waals surface area contributed by atoms with Gasteiger partial charge in [-0.2, -0.15) is 0 Å². The maximum absolute atomic E-state index is 11.6. The van der Waals surface area contributed by atoms with Gasteiger partial charge in [0.15, 0.2) is 0 Å². The first-order valence-corrected chi connectivity index (χ1v) is 8.72. The van der Waals surface area contributed by atoms with Crippen molar-refractivity contribution >= 4 is 50.3 Å². The molecule has 0 fully saturated rings. The van der Waals surface area contributed by atoms with Crippen molar-refractivity contribution in [1.29, 1.82) is 0 Å². The van der Waals surface area contributed by atoms with Crippen molar-refractivity contribution in [2.45, 2.75) is 44.1 Å². The number of hydrogen-bond acceptors (Lipinski definition) is 6. The molecule has 1 aromatic carbocycles. The average Bonchev–Trinajstić information content (AvgIpc) is 2.57. The molecule has 0 bridgehead atoms. The molecule has 0 heterocycles. The minimum absolute atomic E-state index is 0. The van der Waals surface area contributed by atoms with E-state index in [4.69, 9.17) is 21.5 Å². The molecule has 1 rings (SSSR count). The summed E-state index contributed by atoms with van der Waals surface area (Å²) in [6.07, 6.45) is 1.91. The van der Waals surface area contributed by atoms with E-state index in [1.54, 1.807) is 0 Å². The number of carboxylic acids is 1. The Morgan fingerprint density at radius 2 is 1.64 bits per heavy atom. The Bertz CT molecular complexity index is 518. The highest BCUT2D eigenvalue weighted by Gasteiger charge is 2.33. The summed E-state index contributed by atoms with van der Waals surface area (Å²) in [7, 11) is -1.36. The van der Waals surface area contributed by atoms with Gasteiger partial charge in [0.2, 0.25) is 0 Å². The number of unbranched alkanes of at least 4 members (excludes halogenated alkanes) is 1. The number of aliphatic carboxylic acids is 1. The fraction of sp³-hybridized carbons (Fsp3) is 0.588. The van der Waals surface area contributed by atoms with Gasteiger partial charge in [-0.3, -0.25) is 9.69 Å². The van der Waals surface area contributed by atoms with Crippen LogP contribution >= 0.6 is 37.2 Å². The van der Waals surface area contributed by atoms with Crippen LogP contribution in [-0.2, 0) is 11.3 Å². The van der Waals surface area contributed by atoms with E-state index < -0.39 is 18.6 Å². The Hall–Kier alpha value is -0.575. The molecule has 0 aromatic heterocycles. The summed E-state index contributed by atoms with van der Waals surface area (Å²) in [5.74, 6) is -1.02. The highest BCUT2D eigenvalue weighted by molar-refractivity contribution is 6.40. The molecule has 0 aliphatic rings. The van der Waals surface area contributed by atoms with Gasteiger partial charge in [-0.05, 0) is 24.7 Å². The maximum atomic E-state index is 11.6. The highest BCUT2D eigenvalue weighted by atomic mass is 35.5. The number of carbonyl (C=O) groups is 1. The molecule has 11 heteroatoms. The van der Waals surface area contributed by atoms with Gasteiger partial charge in [0.05, 0.1) is 0 Å². The van der Waals surface area contributed by atoms with Crippen molar-refractivity contribution in [2.75, 3.05) is 19.6 Å². The van der Waals surface area contributed by atoms with Crippen LogP contribution in [0.5, 0.6) is 0 Å². The summed E-state index contributed by atoms with van der Waals surface area (Å²) < 4.78 is 0. The molecule has 0 radical (unpaired) electrons. The first kappa shape index (κ1) is 32.1. The van der Waals surface area contributed by atoms with Gasteiger partial charge in [0, 0.05) is 26.2 Å². The molecular formula is C17H33BCl3N3O4. The van der Waals surface area contributed by atoms with E-state index in [0.717, 1.165) is 5.56 Å². The third-order valence-corrected chi connectivity index (χ3v) is 4.33. The second-order valence-corrected chi connectivity index (χ2v) is 6.49. The van der Waals surface area contributed by atoms with Crippen LogP contribution in [0.2, 0.25) is 6.32 Å². The van der Waals surface area contributed by atoms with Crippen molar-refractivity contribution in [1.82, 2.24) is 4.90 Å². The average molecular weight is 461 g/mol. The van der Waals surface area contributed by atoms with E-state index in [9.17, 15) is 9.90 Å². The van der Waals surface area contributed by atoms with Crippen LogP contribution in [0.3, 0.4) is 0 Å². The van der Waals surface area contributed by atoms with Crippen LogP contribution in [0.15, 0.2) is 30.3 Å². The zero-order valence-corrected chi connectivity index (χ0v) is 18.4. The zero-order chi connectivity index (χ0) is 18.7. The lowest BCUT2D eigenvalue weighted by Crippen LogP contribution is -2.50. The van der Waals surface area contributed by atoms with Crippen molar-refractivity contribution in [2.24, 2.45) is 11.5 Å². The van der Waals surface area contributed by atoms with E-state index >= 15 is 0 Å². The quantitative estimate of drug-likeness (QED) is 0.223. The van der Waals surface area contributed by atoms with Crippen molar-refractivity contribution in [3.8, 4) is 0 Å². The van der Waals surface area contributed by atoms with Gasteiger partial charge in [0.25, 0.3) is 0 Å². The molecule has 0 aliphatic heterocycles. The van der Waals surface area contributed by atoms with Crippen LogP contribution in [0.1, 0.15) is 31.2 Å². The summed E-state index contributed by atoms with van der Waals surface area (Å²) >= 11 is 0. The van der Waals surface area contributed by atoms with Crippen LogP contribution in [0, 0.1) is 0 Å². The number of nitrogens with zero attached hydrogens (tertiary/aromatic N) is 1. The molecule has 0 spiro atoms. The monoisotopic (exact) mass is 459 g/mol. The molecule has 7 N–H and O–H groups in total. The van der Waals surface area contributed by atoms with Crippen LogP contribution in [0.25, 0.3) is 0 Å². The fourth-order valence-electron chi connectivity index (χ4n) is 2.76. The molecular weight excluding hydrogens is 427 g/mol. The third-order valence-electron chi connectivity index (χ3n) is 4.33. The standard InChI is InChI=1S/C17H30BN3O4.3ClH/c19-11-13-21(14-15-6-2-1-3-7-15)12-9-17(20,16(22)23)8-4-5-10-18(24)25;;;/h1-3,6-7,24-25H,4-5,8-14,19-20H2,(H,22,23);3*1H. The summed E-state index contributed by atoms with van der Waals surface area (Å²) in [5.41, 5.74) is 11.6. The highest BCUT2D eigenvalue weighted by Crippen LogP contribution is 2.19. The topological polar surface area (TPSA) is 133 Å². The number of hydrogen-bond donors (Lipinski definition) is 5. The molecule has 7 nitrogen and oxygen atoms in total. The minimum atomic E-state index is -1.36. The second-order valence-electron chi connectivity index (χ2n) is 6.49.